The summed E-state index contributed by atoms with van der Waals surface area (Å²) in [6.07, 6.45) is 1.99. The molecule has 0 saturated heterocycles. The van der Waals surface area contributed by atoms with Gasteiger partial charge in [0.1, 0.15) is 6.61 Å². The first kappa shape index (κ1) is 11.3. The van der Waals surface area contributed by atoms with Crippen molar-refractivity contribution in [1.29, 1.82) is 0 Å². The maximum Gasteiger partial charge on any atom is 0.112 e. The molecule has 16 heavy (non-hydrogen) atoms. The van der Waals surface area contributed by atoms with E-state index in [9.17, 15) is 0 Å². The van der Waals surface area contributed by atoms with Crippen molar-refractivity contribution in [3.05, 3.63) is 36.5 Å². The molecule has 0 aliphatic heterocycles. The molecule has 86 valence electrons. The van der Waals surface area contributed by atoms with Crippen molar-refractivity contribution >= 4 is 19.0 Å². The molecule has 0 saturated carbocycles. The third-order valence-corrected chi connectivity index (χ3v) is 4.35. The van der Waals surface area contributed by atoms with Gasteiger partial charge in [-0.2, -0.15) is 4.73 Å². The van der Waals surface area contributed by atoms with E-state index in [1.807, 2.05) is 17.0 Å². The first-order valence-electron chi connectivity index (χ1n) is 5.76. The Balaban J connectivity index is 2.05. The number of nitrogens with zero attached hydrogens (tertiary/aromatic N) is 1. The SMILES string of the molecule is C[Si](C)(C)CCOn1ccc2ccccc21. The molecule has 2 nitrogen and oxygen atoms in total. The fraction of sp³-hybridized carbons (Fsp3) is 0.385. The van der Waals surface area contributed by atoms with Crippen LogP contribution in [0, 0.1) is 0 Å². The van der Waals surface area contributed by atoms with Crippen LogP contribution in [0.3, 0.4) is 0 Å². The van der Waals surface area contributed by atoms with Crippen LogP contribution < -0.4 is 4.84 Å². The Labute approximate surface area is 97.8 Å². The average Bonchev–Trinajstić information content (AvgIpc) is 2.60. The lowest BCUT2D eigenvalue weighted by molar-refractivity contribution is 0.132. The summed E-state index contributed by atoms with van der Waals surface area (Å²) in [6.45, 7) is 7.91. The number of benzene rings is 1. The van der Waals surface area contributed by atoms with Crippen molar-refractivity contribution in [3.63, 3.8) is 0 Å². The largest absolute Gasteiger partial charge is 0.414 e. The fourth-order valence-corrected chi connectivity index (χ4v) is 2.32. The van der Waals surface area contributed by atoms with Gasteiger partial charge >= 0.3 is 0 Å². The monoisotopic (exact) mass is 233 g/mol. The maximum absolute atomic E-state index is 5.79. The van der Waals surface area contributed by atoms with E-state index in [2.05, 4.69) is 43.9 Å². The highest BCUT2D eigenvalue weighted by Crippen LogP contribution is 2.14. The Kier molecular flexibility index (Phi) is 3.05. The van der Waals surface area contributed by atoms with E-state index < -0.39 is 8.07 Å². The predicted molar refractivity (Wildman–Crippen MR) is 71.5 cm³/mol. The molecule has 0 spiro atoms. The van der Waals surface area contributed by atoms with Gasteiger partial charge in [0.2, 0.25) is 0 Å². The third kappa shape index (κ3) is 2.67. The third-order valence-electron chi connectivity index (χ3n) is 2.65. The lowest BCUT2D eigenvalue weighted by atomic mass is 10.3. The number of para-hydroxylation sites is 1. The topological polar surface area (TPSA) is 14.2 Å². The summed E-state index contributed by atoms with van der Waals surface area (Å²) in [5, 5.41) is 1.23. The molecular formula is C13H19NOSi. The molecule has 0 aliphatic carbocycles. The molecule has 0 bridgehead atoms. The number of hydrogen-bond acceptors (Lipinski definition) is 1. The van der Waals surface area contributed by atoms with Crippen molar-refractivity contribution in [2.75, 3.05) is 6.61 Å². The quantitative estimate of drug-likeness (QED) is 0.738. The smallest absolute Gasteiger partial charge is 0.112 e. The van der Waals surface area contributed by atoms with Gasteiger partial charge in [0.15, 0.2) is 0 Å². The van der Waals surface area contributed by atoms with Gasteiger partial charge < -0.3 is 4.84 Å². The highest BCUT2D eigenvalue weighted by molar-refractivity contribution is 6.76. The minimum absolute atomic E-state index is 0.814. The molecule has 0 radical (unpaired) electrons. The maximum atomic E-state index is 5.79. The molecule has 3 heteroatoms. The van der Waals surface area contributed by atoms with Gasteiger partial charge in [0.25, 0.3) is 0 Å². The Morgan fingerprint density at radius 3 is 2.62 bits per heavy atom. The summed E-state index contributed by atoms with van der Waals surface area (Å²) in [5.74, 6) is 0. The van der Waals surface area contributed by atoms with Crippen LogP contribution >= 0.6 is 0 Å². The van der Waals surface area contributed by atoms with Gasteiger partial charge in [-0.25, -0.2) is 0 Å². The number of rotatable bonds is 4. The van der Waals surface area contributed by atoms with Gasteiger partial charge in [0, 0.05) is 19.7 Å². The molecule has 0 amide bonds. The standard InChI is InChI=1S/C13H19NOSi/c1-16(2,3)11-10-15-14-9-8-12-6-4-5-7-13(12)14/h4-9H,10-11H2,1-3H3. The molecule has 0 atom stereocenters. The van der Waals surface area contributed by atoms with Crippen LogP contribution in [-0.2, 0) is 0 Å². The van der Waals surface area contributed by atoms with E-state index in [-0.39, 0.29) is 0 Å². The van der Waals surface area contributed by atoms with E-state index in [1.165, 1.54) is 11.4 Å². The summed E-state index contributed by atoms with van der Waals surface area (Å²) in [7, 11) is -0.997. The lowest BCUT2D eigenvalue weighted by Crippen LogP contribution is -2.25. The number of fused-ring (bicyclic) bond motifs is 1. The summed E-state index contributed by atoms with van der Waals surface area (Å²) < 4.78 is 1.88. The molecule has 2 aromatic rings. The zero-order valence-corrected chi connectivity index (χ0v) is 11.2. The Morgan fingerprint density at radius 2 is 1.88 bits per heavy atom. The van der Waals surface area contributed by atoms with Gasteiger partial charge in [-0.15, -0.1) is 0 Å². The summed E-state index contributed by atoms with van der Waals surface area (Å²) in [5.41, 5.74) is 1.15. The van der Waals surface area contributed by atoms with E-state index in [0.29, 0.717) is 0 Å². The van der Waals surface area contributed by atoms with E-state index in [4.69, 9.17) is 4.84 Å². The Morgan fingerprint density at radius 1 is 1.12 bits per heavy atom. The van der Waals surface area contributed by atoms with Crippen LogP contribution in [0.15, 0.2) is 36.5 Å². The predicted octanol–water partition coefficient (Wildman–Crippen LogP) is 3.41. The fourth-order valence-electron chi connectivity index (χ4n) is 1.62. The normalized spacial score (nSPS) is 11.9. The van der Waals surface area contributed by atoms with Crippen molar-refractivity contribution in [2.24, 2.45) is 0 Å². The van der Waals surface area contributed by atoms with Gasteiger partial charge in [0.05, 0.1) is 5.52 Å². The lowest BCUT2D eigenvalue weighted by Gasteiger charge is -2.16. The van der Waals surface area contributed by atoms with Crippen LogP contribution in [0.5, 0.6) is 0 Å². The minimum Gasteiger partial charge on any atom is -0.414 e. The van der Waals surface area contributed by atoms with Crippen LogP contribution in [0.25, 0.3) is 10.9 Å². The zero-order valence-electron chi connectivity index (χ0n) is 10.2. The highest BCUT2D eigenvalue weighted by atomic mass is 28.3. The highest BCUT2D eigenvalue weighted by Gasteiger charge is 2.12. The van der Waals surface area contributed by atoms with Crippen LogP contribution in [0.2, 0.25) is 25.7 Å². The van der Waals surface area contributed by atoms with E-state index in [0.717, 1.165) is 12.1 Å². The first-order valence-corrected chi connectivity index (χ1v) is 9.46. The Hall–Kier alpha value is -1.22. The molecule has 1 heterocycles. The van der Waals surface area contributed by atoms with Crippen LogP contribution in [-0.4, -0.2) is 19.4 Å². The van der Waals surface area contributed by atoms with Crippen LogP contribution in [0.1, 0.15) is 0 Å². The van der Waals surface area contributed by atoms with Gasteiger partial charge in [-0.05, 0) is 18.2 Å². The summed E-state index contributed by atoms with van der Waals surface area (Å²) in [6, 6.07) is 11.6. The Bertz CT molecular complexity index is 470. The van der Waals surface area contributed by atoms with Crippen molar-refractivity contribution in [3.8, 4) is 0 Å². The van der Waals surface area contributed by atoms with Gasteiger partial charge in [-0.1, -0.05) is 37.8 Å². The molecule has 0 unspecified atom stereocenters. The van der Waals surface area contributed by atoms with E-state index in [1.54, 1.807) is 0 Å². The second-order valence-corrected chi connectivity index (χ2v) is 11.0. The molecule has 1 aromatic heterocycles. The molecule has 0 fully saturated rings. The number of aromatic nitrogens is 1. The molecule has 2 rings (SSSR count). The molecule has 0 N–H and O–H groups in total. The van der Waals surface area contributed by atoms with Crippen LogP contribution in [0.4, 0.5) is 0 Å². The second-order valence-electron chi connectivity index (χ2n) is 5.34. The minimum atomic E-state index is -0.997. The first-order chi connectivity index (χ1) is 7.56. The van der Waals surface area contributed by atoms with E-state index >= 15 is 0 Å². The number of hydrogen-bond donors (Lipinski definition) is 0. The average molecular weight is 233 g/mol. The van der Waals surface area contributed by atoms with Crippen molar-refractivity contribution in [1.82, 2.24) is 4.73 Å². The molecular weight excluding hydrogens is 214 g/mol. The summed E-state index contributed by atoms with van der Waals surface area (Å²) in [4.78, 5) is 5.79. The second kappa shape index (κ2) is 4.34. The van der Waals surface area contributed by atoms with Crippen molar-refractivity contribution in [2.45, 2.75) is 25.7 Å². The zero-order chi connectivity index (χ0) is 11.6. The van der Waals surface area contributed by atoms with Crippen molar-refractivity contribution < 1.29 is 4.84 Å². The van der Waals surface area contributed by atoms with Gasteiger partial charge in [-0.3, -0.25) is 0 Å². The molecule has 0 aliphatic rings. The summed E-state index contributed by atoms with van der Waals surface area (Å²) >= 11 is 0. The molecule has 1 aromatic carbocycles.